The van der Waals surface area contributed by atoms with E-state index >= 15 is 0 Å². The van der Waals surface area contributed by atoms with E-state index in [2.05, 4.69) is 15.0 Å². The highest BCUT2D eigenvalue weighted by Crippen LogP contribution is 2.23. The predicted octanol–water partition coefficient (Wildman–Crippen LogP) is 1.90. The van der Waals surface area contributed by atoms with Gasteiger partial charge in [-0.25, -0.2) is 0 Å². The van der Waals surface area contributed by atoms with Crippen LogP contribution in [-0.4, -0.2) is 25.2 Å². The number of aromatic amines is 1. The van der Waals surface area contributed by atoms with Crippen molar-refractivity contribution in [1.29, 1.82) is 0 Å². The fraction of sp³-hybridized carbons (Fsp3) is 0.231. The molecule has 0 unspecified atom stereocenters. The third-order valence-corrected chi connectivity index (χ3v) is 3.50. The number of carbonyl (C=O) groups excluding carboxylic acids is 1. The number of rotatable bonds is 5. The molecule has 0 saturated carbocycles. The summed E-state index contributed by atoms with van der Waals surface area (Å²) in [6, 6.07) is 7.23. The molecule has 0 aliphatic carbocycles. The molecule has 0 fully saturated rings. The van der Waals surface area contributed by atoms with Crippen LogP contribution in [0.25, 0.3) is 0 Å². The van der Waals surface area contributed by atoms with Crippen LogP contribution in [0.15, 0.2) is 29.1 Å². The Morgan fingerprint density at radius 1 is 1.30 bits per heavy atom. The number of hydrogen-bond acceptors (Lipinski definition) is 6. The standard InChI is InChI=1S/C13H14N2O4S/c1-18-9-5-3-8(4-6-9)14-12-10(7-11(16)19-2)20-13(17)15-12/h3-6,14H,7H2,1-2H3,(H,15,17). The molecule has 0 amide bonds. The Hall–Kier alpha value is -2.28. The Balaban J connectivity index is 2.19. The number of hydrogen-bond donors (Lipinski definition) is 2. The third kappa shape index (κ3) is 3.39. The van der Waals surface area contributed by atoms with E-state index in [4.69, 9.17) is 4.74 Å². The van der Waals surface area contributed by atoms with Gasteiger partial charge >= 0.3 is 10.8 Å². The fourth-order valence-electron chi connectivity index (χ4n) is 1.61. The van der Waals surface area contributed by atoms with Crippen LogP contribution in [0, 0.1) is 0 Å². The zero-order valence-corrected chi connectivity index (χ0v) is 11.9. The Morgan fingerprint density at radius 3 is 2.60 bits per heavy atom. The Labute approximate surface area is 119 Å². The van der Waals surface area contributed by atoms with Crippen molar-refractivity contribution >= 4 is 28.8 Å². The van der Waals surface area contributed by atoms with Crippen LogP contribution in [0.3, 0.4) is 0 Å². The van der Waals surface area contributed by atoms with Crippen molar-refractivity contribution in [1.82, 2.24) is 4.98 Å². The van der Waals surface area contributed by atoms with Crippen molar-refractivity contribution in [2.24, 2.45) is 0 Å². The maximum Gasteiger partial charge on any atom is 0.310 e. The van der Waals surface area contributed by atoms with Crippen LogP contribution in [0.1, 0.15) is 4.88 Å². The molecule has 0 spiro atoms. The van der Waals surface area contributed by atoms with Gasteiger partial charge in [0.25, 0.3) is 0 Å². The summed E-state index contributed by atoms with van der Waals surface area (Å²) in [6.07, 6.45) is 0.0540. The number of ether oxygens (including phenoxy) is 2. The number of aromatic nitrogens is 1. The highest BCUT2D eigenvalue weighted by Gasteiger charge is 2.13. The van der Waals surface area contributed by atoms with Crippen LogP contribution < -0.4 is 14.9 Å². The van der Waals surface area contributed by atoms with Crippen LogP contribution in [0.2, 0.25) is 0 Å². The Morgan fingerprint density at radius 2 is 2.00 bits per heavy atom. The van der Waals surface area contributed by atoms with Gasteiger partial charge in [0.15, 0.2) is 0 Å². The van der Waals surface area contributed by atoms with Gasteiger partial charge in [0.05, 0.1) is 25.5 Å². The van der Waals surface area contributed by atoms with E-state index in [1.54, 1.807) is 19.2 Å². The summed E-state index contributed by atoms with van der Waals surface area (Å²) < 4.78 is 9.68. The van der Waals surface area contributed by atoms with E-state index in [0.29, 0.717) is 10.7 Å². The number of esters is 1. The molecule has 0 aliphatic rings. The summed E-state index contributed by atoms with van der Waals surface area (Å²) in [7, 11) is 2.90. The lowest BCUT2D eigenvalue weighted by atomic mass is 10.3. The third-order valence-electron chi connectivity index (χ3n) is 2.61. The topological polar surface area (TPSA) is 80.4 Å². The lowest BCUT2D eigenvalue weighted by Crippen LogP contribution is -2.05. The molecule has 1 heterocycles. The van der Waals surface area contributed by atoms with Gasteiger partial charge in [0.2, 0.25) is 0 Å². The molecule has 106 valence electrons. The summed E-state index contributed by atoms with van der Waals surface area (Å²) in [5.41, 5.74) is 0.783. The summed E-state index contributed by atoms with van der Waals surface area (Å²) in [6.45, 7) is 0. The predicted molar refractivity (Wildman–Crippen MR) is 76.9 cm³/mol. The van der Waals surface area contributed by atoms with Gasteiger partial charge < -0.3 is 14.8 Å². The van der Waals surface area contributed by atoms with E-state index in [9.17, 15) is 9.59 Å². The summed E-state index contributed by atoms with van der Waals surface area (Å²) in [5, 5.41) is 3.07. The highest BCUT2D eigenvalue weighted by molar-refractivity contribution is 7.09. The van der Waals surface area contributed by atoms with Gasteiger partial charge in [0.1, 0.15) is 11.6 Å². The first-order valence-electron chi connectivity index (χ1n) is 5.82. The summed E-state index contributed by atoms with van der Waals surface area (Å²) >= 11 is 0.986. The largest absolute Gasteiger partial charge is 0.497 e. The molecule has 2 rings (SSSR count). The molecule has 0 atom stereocenters. The van der Waals surface area contributed by atoms with E-state index in [1.807, 2.05) is 12.1 Å². The molecule has 7 heteroatoms. The molecule has 1 aromatic heterocycles. The van der Waals surface area contributed by atoms with Crippen LogP contribution in [-0.2, 0) is 16.0 Å². The minimum absolute atomic E-state index is 0.0540. The Bertz CT molecular complexity index is 645. The molecule has 0 saturated heterocycles. The van der Waals surface area contributed by atoms with Crippen molar-refractivity contribution in [3.8, 4) is 5.75 Å². The molecule has 0 aliphatic heterocycles. The van der Waals surface area contributed by atoms with Gasteiger partial charge in [-0.05, 0) is 24.3 Å². The minimum Gasteiger partial charge on any atom is -0.497 e. The minimum atomic E-state index is -0.391. The number of H-pyrrole nitrogens is 1. The van der Waals surface area contributed by atoms with Gasteiger partial charge in [0, 0.05) is 5.69 Å². The highest BCUT2D eigenvalue weighted by atomic mass is 32.1. The second-order valence-electron chi connectivity index (χ2n) is 3.92. The van der Waals surface area contributed by atoms with E-state index in [0.717, 1.165) is 22.8 Å². The molecule has 1 aromatic carbocycles. The SMILES string of the molecule is COC(=O)Cc1sc(=O)[nH]c1Nc1ccc(OC)cc1. The lowest BCUT2D eigenvalue weighted by Gasteiger charge is -2.07. The van der Waals surface area contributed by atoms with Crippen molar-refractivity contribution in [2.75, 3.05) is 19.5 Å². The van der Waals surface area contributed by atoms with Crippen LogP contribution in [0.4, 0.5) is 11.5 Å². The number of thiazole rings is 1. The van der Waals surface area contributed by atoms with Crippen molar-refractivity contribution in [3.05, 3.63) is 38.8 Å². The zero-order valence-electron chi connectivity index (χ0n) is 11.1. The van der Waals surface area contributed by atoms with E-state index in [1.165, 1.54) is 7.11 Å². The fourth-order valence-corrected chi connectivity index (χ4v) is 2.38. The van der Waals surface area contributed by atoms with Crippen LogP contribution in [0.5, 0.6) is 5.75 Å². The second-order valence-corrected chi connectivity index (χ2v) is 4.99. The normalized spacial score (nSPS) is 10.1. The lowest BCUT2D eigenvalue weighted by molar-refractivity contribution is -0.139. The van der Waals surface area contributed by atoms with Crippen LogP contribution >= 0.6 is 11.3 Å². The van der Waals surface area contributed by atoms with Gasteiger partial charge in [-0.2, -0.15) is 0 Å². The summed E-state index contributed by atoms with van der Waals surface area (Å²) in [5.74, 6) is 0.859. The summed E-state index contributed by atoms with van der Waals surface area (Å²) in [4.78, 5) is 25.8. The van der Waals surface area contributed by atoms with Crippen molar-refractivity contribution < 1.29 is 14.3 Å². The average molecular weight is 294 g/mol. The van der Waals surface area contributed by atoms with Gasteiger partial charge in [-0.3, -0.25) is 14.6 Å². The number of nitrogens with one attached hydrogen (secondary N) is 2. The average Bonchev–Trinajstić information content (AvgIpc) is 2.79. The molecule has 6 nitrogen and oxygen atoms in total. The molecule has 0 radical (unpaired) electrons. The van der Waals surface area contributed by atoms with E-state index < -0.39 is 5.97 Å². The molecule has 2 N–H and O–H groups in total. The molecule has 0 bridgehead atoms. The first-order chi connectivity index (χ1) is 9.62. The number of carbonyl (C=O) groups is 1. The monoisotopic (exact) mass is 294 g/mol. The molecule has 2 aromatic rings. The first kappa shape index (κ1) is 14.1. The molecule has 20 heavy (non-hydrogen) atoms. The van der Waals surface area contributed by atoms with Crippen molar-refractivity contribution in [2.45, 2.75) is 6.42 Å². The number of anilines is 2. The zero-order chi connectivity index (χ0) is 14.5. The maximum absolute atomic E-state index is 11.4. The van der Waals surface area contributed by atoms with Crippen molar-refractivity contribution in [3.63, 3.8) is 0 Å². The van der Waals surface area contributed by atoms with E-state index in [-0.39, 0.29) is 11.3 Å². The van der Waals surface area contributed by atoms with Gasteiger partial charge in [-0.15, -0.1) is 0 Å². The molecular formula is C13H14N2O4S. The molecular weight excluding hydrogens is 280 g/mol. The quantitative estimate of drug-likeness (QED) is 0.823. The van der Waals surface area contributed by atoms with Gasteiger partial charge in [-0.1, -0.05) is 11.3 Å². The second kappa shape index (κ2) is 6.25. The smallest absolute Gasteiger partial charge is 0.310 e. The first-order valence-corrected chi connectivity index (χ1v) is 6.64. The Kier molecular flexibility index (Phi) is 4.41. The number of benzene rings is 1. The number of methoxy groups -OCH3 is 2. The maximum atomic E-state index is 11.4.